The Morgan fingerprint density at radius 2 is 1.79 bits per heavy atom. The number of benzene rings is 2. The third kappa shape index (κ3) is 4.94. The Morgan fingerprint density at radius 1 is 0.939 bits per heavy atom. The molecule has 1 N–H and O–H groups in total. The highest BCUT2D eigenvalue weighted by Crippen LogP contribution is 2.25. The molecule has 1 amide bonds. The van der Waals surface area contributed by atoms with Crippen LogP contribution in [0.1, 0.15) is 15.9 Å². The van der Waals surface area contributed by atoms with Gasteiger partial charge in [0.2, 0.25) is 0 Å². The molecule has 0 aliphatic carbocycles. The van der Waals surface area contributed by atoms with Gasteiger partial charge < -0.3 is 10.2 Å². The molecule has 5 rings (SSSR count). The number of nitrogens with zero attached hydrogens (tertiary/aromatic N) is 5. The first-order valence-corrected chi connectivity index (χ1v) is 11.2. The fraction of sp³-hybridized carbons (Fsp3) is 0.269. The van der Waals surface area contributed by atoms with Crippen molar-refractivity contribution < 1.29 is 4.79 Å². The molecular formula is C26H28N6O. The summed E-state index contributed by atoms with van der Waals surface area (Å²) < 4.78 is 1.79. The number of pyridine rings is 1. The van der Waals surface area contributed by atoms with E-state index in [1.807, 2.05) is 49.8 Å². The summed E-state index contributed by atoms with van der Waals surface area (Å²) in [5.41, 5.74) is 3.93. The summed E-state index contributed by atoms with van der Waals surface area (Å²) in [5, 5.41) is 9.26. The van der Waals surface area contributed by atoms with E-state index < -0.39 is 0 Å². The van der Waals surface area contributed by atoms with E-state index in [0.717, 1.165) is 60.2 Å². The molecule has 4 aromatic rings. The second-order valence-corrected chi connectivity index (χ2v) is 8.77. The summed E-state index contributed by atoms with van der Waals surface area (Å²) in [6.07, 6.45) is 5.63. The van der Waals surface area contributed by atoms with Crippen LogP contribution >= 0.6 is 0 Å². The van der Waals surface area contributed by atoms with Crippen LogP contribution in [-0.2, 0) is 13.6 Å². The highest BCUT2D eigenvalue weighted by molar-refractivity contribution is 6.04. The van der Waals surface area contributed by atoms with Crippen LogP contribution in [0.15, 0.2) is 67.1 Å². The molecule has 0 radical (unpaired) electrons. The minimum absolute atomic E-state index is 0.148. The van der Waals surface area contributed by atoms with E-state index >= 15 is 0 Å². The predicted molar refractivity (Wildman–Crippen MR) is 131 cm³/mol. The largest absolute Gasteiger partial charge is 0.307 e. The summed E-state index contributed by atoms with van der Waals surface area (Å²) in [5.74, 6) is 0.394. The molecule has 0 saturated carbocycles. The van der Waals surface area contributed by atoms with E-state index in [4.69, 9.17) is 0 Å². The number of piperazine rings is 1. The van der Waals surface area contributed by atoms with Crippen molar-refractivity contribution in [2.24, 2.45) is 7.05 Å². The summed E-state index contributed by atoms with van der Waals surface area (Å²) in [6, 6.07) is 16.0. The van der Waals surface area contributed by atoms with Gasteiger partial charge >= 0.3 is 0 Å². The Labute approximate surface area is 193 Å². The Hall–Kier alpha value is -3.55. The number of hydrogen-bond acceptors (Lipinski definition) is 5. The van der Waals surface area contributed by atoms with Gasteiger partial charge in [-0.2, -0.15) is 5.10 Å². The zero-order valence-corrected chi connectivity index (χ0v) is 19.0. The number of likely N-dealkylation sites (N-methyl/N-ethyl adjacent to an activating group) is 1. The van der Waals surface area contributed by atoms with Gasteiger partial charge in [-0.15, -0.1) is 0 Å². The number of fused-ring (bicyclic) bond motifs is 1. The molecule has 1 aliphatic rings. The Bertz CT molecular complexity index is 1290. The second-order valence-electron chi connectivity index (χ2n) is 8.77. The quantitative estimate of drug-likeness (QED) is 0.513. The van der Waals surface area contributed by atoms with Crippen molar-refractivity contribution >= 4 is 22.5 Å². The van der Waals surface area contributed by atoms with Crippen molar-refractivity contribution in [3.8, 4) is 11.1 Å². The molecule has 1 fully saturated rings. The lowest BCUT2D eigenvalue weighted by atomic mass is 10.0. The molecule has 1 aliphatic heterocycles. The average molecular weight is 441 g/mol. The number of amides is 1. The first-order chi connectivity index (χ1) is 16.0. The molecule has 2 aromatic heterocycles. The third-order valence-electron chi connectivity index (χ3n) is 6.19. The van der Waals surface area contributed by atoms with Crippen molar-refractivity contribution in [1.29, 1.82) is 0 Å². The molecule has 168 valence electrons. The Balaban J connectivity index is 1.31. The number of rotatable bonds is 5. The van der Waals surface area contributed by atoms with Gasteiger partial charge in [0.05, 0.1) is 6.20 Å². The number of anilines is 1. The molecule has 0 atom stereocenters. The molecule has 2 aromatic carbocycles. The maximum Gasteiger partial charge on any atom is 0.256 e. The maximum absolute atomic E-state index is 12.9. The summed E-state index contributed by atoms with van der Waals surface area (Å²) in [4.78, 5) is 22.2. The fourth-order valence-electron chi connectivity index (χ4n) is 4.22. The van der Waals surface area contributed by atoms with Gasteiger partial charge in [-0.3, -0.25) is 14.4 Å². The molecule has 7 nitrogen and oxygen atoms in total. The Kier molecular flexibility index (Phi) is 5.90. The number of hydrogen-bond donors (Lipinski definition) is 1. The predicted octanol–water partition coefficient (Wildman–Crippen LogP) is 3.64. The van der Waals surface area contributed by atoms with Crippen LogP contribution in [0.4, 0.5) is 5.82 Å². The van der Waals surface area contributed by atoms with E-state index in [2.05, 4.69) is 50.4 Å². The zero-order valence-electron chi connectivity index (χ0n) is 19.0. The molecule has 0 spiro atoms. The maximum atomic E-state index is 12.9. The SMILES string of the molecule is CN1CCN(Cc2cccc(C(=O)Nc3cc4cc(-c5cnn(C)c5)ccc4cn3)c2)CC1. The molecule has 0 unspecified atom stereocenters. The van der Waals surface area contributed by atoms with Crippen molar-refractivity contribution in [1.82, 2.24) is 24.6 Å². The van der Waals surface area contributed by atoms with E-state index in [0.29, 0.717) is 11.4 Å². The number of nitrogens with one attached hydrogen (secondary N) is 1. The molecule has 33 heavy (non-hydrogen) atoms. The molecule has 1 saturated heterocycles. The highest BCUT2D eigenvalue weighted by atomic mass is 16.1. The van der Waals surface area contributed by atoms with E-state index in [1.165, 1.54) is 0 Å². The lowest BCUT2D eigenvalue weighted by Crippen LogP contribution is -2.43. The number of carbonyl (C=O) groups excluding carboxylic acids is 1. The van der Waals surface area contributed by atoms with Gasteiger partial charge in [-0.05, 0) is 47.8 Å². The van der Waals surface area contributed by atoms with Gasteiger partial charge in [0.1, 0.15) is 5.82 Å². The van der Waals surface area contributed by atoms with Crippen LogP contribution in [0, 0.1) is 0 Å². The number of aromatic nitrogens is 3. The third-order valence-corrected chi connectivity index (χ3v) is 6.19. The molecule has 7 heteroatoms. The van der Waals surface area contributed by atoms with Crippen LogP contribution in [0.3, 0.4) is 0 Å². The smallest absolute Gasteiger partial charge is 0.256 e. The summed E-state index contributed by atoms with van der Waals surface area (Å²) in [6.45, 7) is 5.12. The minimum Gasteiger partial charge on any atom is -0.307 e. The van der Waals surface area contributed by atoms with Gasteiger partial charge in [-0.25, -0.2) is 4.98 Å². The topological polar surface area (TPSA) is 66.3 Å². The van der Waals surface area contributed by atoms with Crippen molar-refractivity contribution in [3.05, 3.63) is 78.2 Å². The van der Waals surface area contributed by atoms with Crippen LogP contribution < -0.4 is 5.32 Å². The zero-order chi connectivity index (χ0) is 22.8. The fourth-order valence-corrected chi connectivity index (χ4v) is 4.22. The average Bonchev–Trinajstić information content (AvgIpc) is 3.26. The Morgan fingerprint density at radius 3 is 2.58 bits per heavy atom. The van der Waals surface area contributed by atoms with Gasteiger partial charge in [-0.1, -0.05) is 24.3 Å². The van der Waals surface area contributed by atoms with E-state index in [-0.39, 0.29) is 5.91 Å². The normalized spacial score (nSPS) is 15.1. The van der Waals surface area contributed by atoms with Gasteiger partial charge in [0, 0.05) is 68.7 Å². The molecular weight excluding hydrogens is 412 g/mol. The van der Waals surface area contributed by atoms with Gasteiger partial charge in [0.25, 0.3) is 5.91 Å². The summed E-state index contributed by atoms with van der Waals surface area (Å²) >= 11 is 0. The van der Waals surface area contributed by atoms with Crippen LogP contribution in [0.25, 0.3) is 21.9 Å². The molecule has 3 heterocycles. The highest BCUT2D eigenvalue weighted by Gasteiger charge is 2.15. The van der Waals surface area contributed by atoms with Crippen LogP contribution in [-0.4, -0.2) is 63.7 Å². The van der Waals surface area contributed by atoms with Crippen LogP contribution in [0.2, 0.25) is 0 Å². The summed E-state index contributed by atoms with van der Waals surface area (Å²) in [7, 11) is 4.06. The lowest BCUT2D eigenvalue weighted by molar-refractivity contribution is 0.102. The first-order valence-electron chi connectivity index (χ1n) is 11.2. The van der Waals surface area contributed by atoms with Crippen LogP contribution in [0.5, 0.6) is 0 Å². The lowest BCUT2D eigenvalue weighted by Gasteiger charge is -2.32. The first kappa shape index (κ1) is 21.3. The minimum atomic E-state index is -0.148. The second kappa shape index (κ2) is 9.13. The van der Waals surface area contributed by atoms with Crippen molar-refractivity contribution in [3.63, 3.8) is 0 Å². The van der Waals surface area contributed by atoms with E-state index in [9.17, 15) is 4.79 Å². The monoisotopic (exact) mass is 440 g/mol. The van der Waals surface area contributed by atoms with Gasteiger partial charge in [0.15, 0.2) is 0 Å². The molecule has 0 bridgehead atoms. The van der Waals surface area contributed by atoms with Crippen molar-refractivity contribution in [2.45, 2.75) is 6.54 Å². The van der Waals surface area contributed by atoms with E-state index in [1.54, 1.807) is 10.9 Å². The number of carbonyl (C=O) groups is 1. The number of aryl methyl sites for hydroxylation is 1. The standard InChI is InChI=1S/C26H28N6O/c1-30-8-10-32(11-9-30)17-19-4-3-5-21(12-19)26(33)29-25-14-23-13-20(6-7-22(23)15-27-25)24-16-28-31(2)18-24/h3-7,12-16,18H,8-11,17H2,1-2H3,(H,27,29,33). The van der Waals surface area contributed by atoms with Crippen molar-refractivity contribution in [2.75, 3.05) is 38.5 Å².